The zero-order valence-corrected chi connectivity index (χ0v) is 21.7. The van der Waals surface area contributed by atoms with E-state index < -0.39 is 23.8 Å². The van der Waals surface area contributed by atoms with E-state index in [9.17, 15) is 14.4 Å². The lowest BCUT2D eigenvalue weighted by molar-refractivity contribution is 0.0505. The monoisotopic (exact) mass is 516 g/mol. The lowest BCUT2D eigenvalue weighted by atomic mass is 9.98. The molecule has 0 atom stereocenters. The molecule has 9 heteroatoms. The van der Waals surface area contributed by atoms with Gasteiger partial charge in [-0.2, -0.15) is 0 Å². The largest absolute Gasteiger partial charge is 0.449 e. The zero-order chi connectivity index (χ0) is 27.1. The van der Waals surface area contributed by atoms with Crippen molar-refractivity contribution in [3.63, 3.8) is 0 Å². The van der Waals surface area contributed by atoms with Crippen LogP contribution < -0.4 is 21.1 Å². The predicted octanol–water partition coefficient (Wildman–Crippen LogP) is 5.18. The third-order valence-electron chi connectivity index (χ3n) is 5.93. The van der Waals surface area contributed by atoms with Gasteiger partial charge in [-0.05, 0) is 55.2 Å². The van der Waals surface area contributed by atoms with Gasteiger partial charge in [-0.1, -0.05) is 66.7 Å². The average molecular weight is 517 g/mol. The van der Waals surface area contributed by atoms with Crippen molar-refractivity contribution in [2.24, 2.45) is 0 Å². The molecule has 0 radical (unpaired) electrons. The van der Waals surface area contributed by atoms with Gasteiger partial charge in [0, 0.05) is 24.7 Å². The number of rotatable bonds is 6. The summed E-state index contributed by atoms with van der Waals surface area (Å²) in [5.41, 5.74) is 9.03. The molecule has 3 aromatic rings. The molecule has 0 unspecified atom stereocenters. The summed E-state index contributed by atoms with van der Waals surface area (Å²) in [6, 6.07) is 24.6. The standard InChI is InChI=1S/C29H32N4O5/c1-29(2,3)38-28(36)32-31-26(34)33(20-11-5-4-6-12-20)18-17-30-27(35)37-19-25-23-15-9-7-13-21(23)22-14-8-10-16-24(22)25/h4-16,25H,17-19H2,1-3H3,(H,30,35)(H,31,34)(H,32,36). The van der Waals surface area contributed by atoms with Gasteiger partial charge in [-0.15, -0.1) is 0 Å². The summed E-state index contributed by atoms with van der Waals surface area (Å²) in [7, 11) is 0. The summed E-state index contributed by atoms with van der Waals surface area (Å²) in [6.45, 7) is 5.63. The molecule has 0 saturated carbocycles. The van der Waals surface area contributed by atoms with Gasteiger partial charge < -0.3 is 14.8 Å². The van der Waals surface area contributed by atoms with E-state index in [-0.39, 0.29) is 25.6 Å². The maximum atomic E-state index is 12.8. The van der Waals surface area contributed by atoms with Crippen LogP contribution in [0, 0.1) is 0 Å². The Labute approximate surface area is 222 Å². The fourth-order valence-electron chi connectivity index (χ4n) is 4.35. The predicted molar refractivity (Wildman–Crippen MR) is 145 cm³/mol. The number of hydrazine groups is 1. The molecule has 198 valence electrons. The highest BCUT2D eigenvalue weighted by atomic mass is 16.6. The molecule has 0 spiro atoms. The third-order valence-corrected chi connectivity index (χ3v) is 5.93. The van der Waals surface area contributed by atoms with Crippen LogP contribution in [-0.4, -0.2) is 43.5 Å². The first-order valence-electron chi connectivity index (χ1n) is 12.4. The van der Waals surface area contributed by atoms with Gasteiger partial charge in [0.05, 0.1) is 0 Å². The number of ether oxygens (including phenoxy) is 2. The van der Waals surface area contributed by atoms with E-state index in [2.05, 4.69) is 40.4 Å². The van der Waals surface area contributed by atoms with Gasteiger partial charge >= 0.3 is 18.2 Å². The molecule has 9 nitrogen and oxygen atoms in total. The van der Waals surface area contributed by atoms with Crippen molar-refractivity contribution >= 4 is 23.9 Å². The molecule has 1 aliphatic carbocycles. The first-order valence-corrected chi connectivity index (χ1v) is 12.4. The van der Waals surface area contributed by atoms with Crippen molar-refractivity contribution in [3.05, 3.63) is 90.0 Å². The number of benzene rings is 3. The fraction of sp³-hybridized carbons (Fsp3) is 0.276. The van der Waals surface area contributed by atoms with Crippen molar-refractivity contribution in [3.8, 4) is 11.1 Å². The second kappa shape index (κ2) is 11.7. The van der Waals surface area contributed by atoms with Crippen LogP contribution in [0.4, 0.5) is 20.1 Å². The molecule has 3 aromatic carbocycles. The summed E-state index contributed by atoms with van der Waals surface area (Å²) in [5, 5.41) is 2.71. The number of carbonyl (C=O) groups excluding carboxylic acids is 3. The molecule has 0 fully saturated rings. The van der Waals surface area contributed by atoms with Gasteiger partial charge in [-0.25, -0.2) is 25.2 Å². The van der Waals surface area contributed by atoms with E-state index in [4.69, 9.17) is 9.47 Å². The number of fused-ring (bicyclic) bond motifs is 3. The highest BCUT2D eigenvalue weighted by Crippen LogP contribution is 2.44. The molecule has 0 aliphatic heterocycles. The van der Waals surface area contributed by atoms with E-state index in [0.29, 0.717) is 5.69 Å². The normalized spacial score (nSPS) is 12.1. The Balaban J connectivity index is 1.31. The number of urea groups is 1. The van der Waals surface area contributed by atoms with Gasteiger partial charge in [0.1, 0.15) is 12.2 Å². The zero-order valence-electron chi connectivity index (χ0n) is 21.7. The van der Waals surface area contributed by atoms with Crippen molar-refractivity contribution < 1.29 is 23.9 Å². The Morgan fingerprint density at radius 2 is 1.37 bits per heavy atom. The number of amides is 4. The molecule has 4 rings (SSSR count). The quantitative estimate of drug-likeness (QED) is 0.391. The first-order chi connectivity index (χ1) is 18.2. The van der Waals surface area contributed by atoms with Crippen molar-refractivity contribution in [1.82, 2.24) is 16.2 Å². The molecule has 1 aliphatic rings. The fourth-order valence-corrected chi connectivity index (χ4v) is 4.35. The molecule has 0 aromatic heterocycles. The summed E-state index contributed by atoms with van der Waals surface area (Å²) in [6.07, 6.45) is -1.36. The Kier molecular flexibility index (Phi) is 8.15. The number of nitrogens with one attached hydrogen (secondary N) is 3. The summed E-state index contributed by atoms with van der Waals surface area (Å²) >= 11 is 0. The maximum absolute atomic E-state index is 12.8. The molecular weight excluding hydrogens is 484 g/mol. The number of carbonyl (C=O) groups is 3. The van der Waals surface area contributed by atoms with Gasteiger partial charge in [0.2, 0.25) is 0 Å². The number of anilines is 1. The van der Waals surface area contributed by atoms with E-state index in [1.54, 1.807) is 45.0 Å². The van der Waals surface area contributed by atoms with E-state index >= 15 is 0 Å². The molecular formula is C29H32N4O5. The summed E-state index contributed by atoms with van der Waals surface area (Å²) in [4.78, 5) is 38.7. The Morgan fingerprint density at radius 1 is 0.789 bits per heavy atom. The smallest absolute Gasteiger partial charge is 0.426 e. The Morgan fingerprint density at radius 3 is 1.97 bits per heavy atom. The minimum atomic E-state index is -0.782. The molecule has 38 heavy (non-hydrogen) atoms. The molecule has 0 heterocycles. The van der Waals surface area contributed by atoms with E-state index in [0.717, 1.165) is 22.3 Å². The van der Waals surface area contributed by atoms with E-state index in [1.807, 2.05) is 30.3 Å². The van der Waals surface area contributed by atoms with Crippen molar-refractivity contribution in [1.29, 1.82) is 0 Å². The van der Waals surface area contributed by atoms with Crippen molar-refractivity contribution in [2.75, 3.05) is 24.6 Å². The van der Waals surface area contributed by atoms with Crippen LogP contribution in [0.2, 0.25) is 0 Å². The maximum Gasteiger partial charge on any atom is 0.426 e. The van der Waals surface area contributed by atoms with Crippen LogP contribution in [-0.2, 0) is 9.47 Å². The number of nitrogens with zero attached hydrogens (tertiary/aromatic N) is 1. The highest BCUT2D eigenvalue weighted by molar-refractivity contribution is 5.92. The molecule has 0 bridgehead atoms. The average Bonchev–Trinajstić information content (AvgIpc) is 3.22. The number of para-hydroxylation sites is 1. The second-order valence-corrected chi connectivity index (χ2v) is 9.80. The van der Waals surface area contributed by atoms with E-state index in [1.165, 1.54) is 4.90 Å². The van der Waals surface area contributed by atoms with Crippen LogP contribution in [0.15, 0.2) is 78.9 Å². The second-order valence-electron chi connectivity index (χ2n) is 9.80. The van der Waals surface area contributed by atoms with Crippen LogP contribution in [0.5, 0.6) is 0 Å². The van der Waals surface area contributed by atoms with Crippen LogP contribution in [0.1, 0.15) is 37.8 Å². The van der Waals surface area contributed by atoms with Gasteiger partial charge in [-0.3, -0.25) is 4.90 Å². The van der Waals surface area contributed by atoms with Gasteiger partial charge in [0.25, 0.3) is 0 Å². The van der Waals surface area contributed by atoms with Crippen LogP contribution in [0.25, 0.3) is 11.1 Å². The van der Waals surface area contributed by atoms with Gasteiger partial charge in [0.15, 0.2) is 0 Å². The number of hydrogen-bond acceptors (Lipinski definition) is 5. The Bertz CT molecular complexity index is 1240. The molecule has 0 saturated heterocycles. The number of hydrogen-bond donors (Lipinski definition) is 3. The van der Waals surface area contributed by atoms with Crippen molar-refractivity contribution in [2.45, 2.75) is 32.3 Å². The number of alkyl carbamates (subject to hydrolysis) is 1. The third kappa shape index (κ3) is 6.61. The lowest BCUT2D eigenvalue weighted by Crippen LogP contribution is -2.51. The minimum absolute atomic E-state index is 0.0429. The molecule has 3 N–H and O–H groups in total. The first kappa shape index (κ1) is 26.5. The minimum Gasteiger partial charge on any atom is -0.449 e. The summed E-state index contributed by atoms with van der Waals surface area (Å²) in [5.74, 6) is -0.0429. The lowest BCUT2D eigenvalue weighted by Gasteiger charge is -2.24. The molecule has 4 amide bonds. The SMILES string of the molecule is CC(C)(C)OC(=O)NNC(=O)N(CCNC(=O)OCC1c2ccccc2-c2ccccc21)c1ccccc1. The topological polar surface area (TPSA) is 109 Å². The summed E-state index contributed by atoms with van der Waals surface area (Å²) < 4.78 is 10.7. The Hall–Kier alpha value is -4.53. The van der Waals surface area contributed by atoms with Crippen LogP contribution in [0.3, 0.4) is 0 Å². The van der Waals surface area contributed by atoms with Crippen LogP contribution >= 0.6 is 0 Å². The highest BCUT2D eigenvalue weighted by Gasteiger charge is 2.29.